The Balaban J connectivity index is 1.70. The van der Waals surface area contributed by atoms with E-state index in [2.05, 4.69) is 27.4 Å². The van der Waals surface area contributed by atoms with E-state index in [0.717, 1.165) is 25.3 Å². The number of carbonyl (C=O) groups is 1. The molecule has 2 N–H and O–H groups in total. The van der Waals surface area contributed by atoms with Gasteiger partial charge in [-0.3, -0.25) is 5.10 Å². The monoisotopic (exact) mass is 237 g/mol. The molecule has 0 bridgehead atoms. The van der Waals surface area contributed by atoms with Crippen molar-refractivity contribution in [2.24, 2.45) is 5.92 Å². The fourth-order valence-corrected chi connectivity index (χ4v) is 2.12. The molecular formula is C11H19N5O. The lowest BCUT2D eigenvalue weighted by Crippen LogP contribution is -2.45. The molecule has 2 amide bonds. The van der Waals surface area contributed by atoms with E-state index in [0.29, 0.717) is 18.9 Å². The smallest absolute Gasteiger partial charge is 0.317 e. The third-order valence-corrected chi connectivity index (χ3v) is 3.05. The van der Waals surface area contributed by atoms with Crippen LogP contribution in [0.1, 0.15) is 25.6 Å². The van der Waals surface area contributed by atoms with Crippen LogP contribution in [0, 0.1) is 5.92 Å². The minimum absolute atomic E-state index is 0.0380. The molecule has 1 fully saturated rings. The van der Waals surface area contributed by atoms with E-state index in [9.17, 15) is 4.79 Å². The number of H-pyrrole nitrogens is 1. The number of hydrogen-bond donors (Lipinski definition) is 2. The summed E-state index contributed by atoms with van der Waals surface area (Å²) < 4.78 is 0. The van der Waals surface area contributed by atoms with Crippen molar-refractivity contribution in [1.82, 2.24) is 25.4 Å². The molecule has 0 saturated carbocycles. The van der Waals surface area contributed by atoms with Crippen LogP contribution in [0.5, 0.6) is 0 Å². The molecule has 17 heavy (non-hydrogen) atoms. The molecule has 1 aliphatic rings. The van der Waals surface area contributed by atoms with E-state index < -0.39 is 0 Å². The number of aromatic nitrogens is 3. The lowest BCUT2D eigenvalue weighted by Gasteiger charge is -2.30. The van der Waals surface area contributed by atoms with Crippen LogP contribution in [0.25, 0.3) is 0 Å². The second kappa shape index (κ2) is 5.65. The van der Waals surface area contributed by atoms with E-state index in [-0.39, 0.29) is 6.03 Å². The standard InChI is InChI=1S/C11H19N5O/c1-9-3-2-6-16(7-9)11(17)12-5-4-10-13-8-14-15-10/h8-9H,2-7H2,1H3,(H,12,17)(H,13,14,15). The quantitative estimate of drug-likeness (QED) is 0.816. The van der Waals surface area contributed by atoms with Gasteiger partial charge in [0.2, 0.25) is 0 Å². The average Bonchev–Trinajstić information content (AvgIpc) is 2.82. The number of piperidine rings is 1. The van der Waals surface area contributed by atoms with Crippen LogP contribution in [-0.4, -0.2) is 45.7 Å². The first-order valence-corrected chi connectivity index (χ1v) is 6.12. The van der Waals surface area contributed by atoms with E-state index in [1.54, 1.807) is 0 Å². The van der Waals surface area contributed by atoms with Gasteiger partial charge in [-0.1, -0.05) is 6.92 Å². The zero-order valence-electron chi connectivity index (χ0n) is 10.1. The summed E-state index contributed by atoms with van der Waals surface area (Å²) >= 11 is 0. The molecule has 2 heterocycles. The van der Waals surface area contributed by atoms with Gasteiger partial charge in [-0.2, -0.15) is 5.10 Å². The second-order valence-corrected chi connectivity index (χ2v) is 4.61. The summed E-state index contributed by atoms with van der Waals surface area (Å²) in [6.45, 7) is 4.53. The summed E-state index contributed by atoms with van der Waals surface area (Å²) in [6.07, 6.45) is 4.50. The summed E-state index contributed by atoms with van der Waals surface area (Å²) in [5, 5.41) is 9.44. The van der Waals surface area contributed by atoms with Gasteiger partial charge in [0.1, 0.15) is 12.2 Å². The highest BCUT2D eigenvalue weighted by atomic mass is 16.2. The van der Waals surface area contributed by atoms with E-state index >= 15 is 0 Å². The van der Waals surface area contributed by atoms with Gasteiger partial charge in [0.05, 0.1) is 0 Å². The van der Waals surface area contributed by atoms with Gasteiger partial charge in [0.15, 0.2) is 0 Å². The van der Waals surface area contributed by atoms with Gasteiger partial charge in [0, 0.05) is 26.1 Å². The number of amides is 2. The third-order valence-electron chi connectivity index (χ3n) is 3.05. The Morgan fingerprint density at radius 1 is 1.71 bits per heavy atom. The topological polar surface area (TPSA) is 73.9 Å². The van der Waals surface area contributed by atoms with E-state index in [1.807, 2.05) is 4.90 Å². The number of likely N-dealkylation sites (tertiary alicyclic amines) is 1. The number of carbonyl (C=O) groups excluding carboxylic acids is 1. The summed E-state index contributed by atoms with van der Waals surface area (Å²) in [6, 6.07) is 0.0380. The highest BCUT2D eigenvalue weighted by Crippen LogP contribution is 2.15. The molecule has 94 valence electrons. The molecule has 1 atom stereocenters. The van der Waals surface area contributed by atoms with E-state index in [4.69, 9.17) is 0 Å². The Hall–Kier alpha value is -1.59. The first-order valence-electron chi connectivity index (χ1n) is 6.12. The van der Waals surface area contributed by atoms with Crippen LogP contribution in [0.3, 0.4) is 0 Å². The Kier molecular flexibility index (Phi) is 3.95. The third kappa shape index (κ3) is 3.44. The predicted molar refractivity (Wildman–Crippen MR) is 63.5 cm³/mol. The summed E-state index contributed by atoms with van der Waals surface area (Å²) in [7, 11) is 0. The van der Waals surface area contributed by atoms with Crippen molar-refractivity contribution in [3.05, 3.63) is 12.2 Å². The predicted octanol–water partition coefficient (Wildman–Crippen LogP) is 0.789. The van der Waals surface area contributed by atoms with Crippen LogP contribution in [0.2, 0.25) is 0 Å². The summed E-state index contributed by atoms with van der Waals surface area (Å²) in [5.41, 5.74) is 0. The molecule has 0 radical (unpaired) electrons. The van der Waals surface area contributed by atoms with Gasteiger partial charge in [0.25, 0.3) is 0 Å². The molecule has 1 saturated heterocycles. The highest BCUT2D eigenvalue weighted by Gasteiger charge is 2.20. The van der Waals surface area contributed by atoms with Crippen molar-refractivity contribution in [3.63, 3.8) is 0 Å². The molecule has 1 aromatic heterocycles. The molecular weight excluding hydrogens is 218 g/mol. The molecule has 1 unspecified atom stereocenters. The minimum Gasteiger partial charge on any atom is -0.338 e. The first kappa shape index (κ1) is 11.9. The van der Waals surface area contributed by atoms with Crippen molar-refractivity contribution < 1.29 is 4.79 Å². The fourth-order valence-electron chi connectivity index (χ4n) is 2.12. The Morgan fingerprint density at radius 3 is 3.29 bits per heavy atom. The van der Waals surface area contributed by atoms with Crippen molar-refractivity contribution in [2.75, 3.05) is 19.6 Å². The number of nitrogens with zero attached hydrogens (tertiary/aromatic N) is 3. The van der Waals surface area contributed by atoms with Crippen LogP contribution < -0.4 is 5.32 Å². The molecule has 1 aliphatic heterocycles. The maximum Gasteiger partial charge on any atom is 0.317 e. The normalized spacial score (nSPS) is 20.3. The van der Waals surface area contributed by atoms with Crippen molar-refractivity contribution >= 4 is 6.03 Å². The summed E-state index contributed by atoms with van der Waals surface area (Å²) in [4.78, 5) is 17.7. The highest BCUT2D eigenvalue weighted by molar-refractivity contribution is 5.74. The molecule has 0 spiro atoms. The molecule has 0 aliphatic carbocycles. The lowest BCUT2D eigenvalue weighted by molar-refractivity contribution is 0.170. The SMILES string of the molecule is CC1CCCN(C(=O)NCCc2ncn[nH]2)C1. The fraction of sp³-hybridized carbons (Fsp3) is 0.727. The molecule has 0 aromatic carbocycles. The number of hydrogen-bond acceptors (Lipinski definition) is 3. The first-order chi connectivity index (χ1) is 8.25. The Bertz CT molecular complexity index is 351. The van der Waals surface area contributed by atoms with Gasteiger partial charge in [-0.25, -0.2) is 9.78 Å². The number of aromatic amines is 1. The Labute approximate surface area is 101 Å². The van der Waals surface area contributed by atoms with Crippen LogP contribution in [-0.2, 0) is 6.42 Å². The molecule has 6 nitrogen and oxygen atoms in total. The average molecular weight is 237 g/mol. The van der Waals surface area contributed by atoms with Crippen molar-refractivity contribution in [2.45, 2.75) is 26.2 Å². The van der Waals surface area contributed by atoms with Crippen LogP contribution in [0.15, 0.2) is 6.33 Å². The zero-order chi connectivity index (χ0) is 12.1. The number of nitrogens with one attached hydrogen (secondary N) is 2. The number of rotatable bonds is 3. The summed E-state index contributed by atoms with van der Waals surface area (Å²) in [5.74, 6) is 1.42. The minimum atomic E-state index is 0.0380. The lowest BCUT2D eigenvalue weighted by atomic mass is 10.0. The zero-order valence-corrected chi connectivity index (χ0v) is 10.1. The molecule has 6 heteroatoms. The van der Waals surface area contributed by atoms with Gasteiger partial charge >= 0.3 is 6.03 Å². The largest absolute Gasteiger partial charge is 0.338 e. The van der Waals surface area contributed by atoms with Gasteiger partial charge < -0.3 is 10.2 Å². The van der Waals surface area contributed by atoms with E-state index in [1.165, 1.54) is 12.7 Å². The molecule has 1 aromatic rings. The van der Waals surface area contributed by atoms with Crippen molar-refractivity contribution in [1.29, 1.82) is 0 Å². The van der Waals surface area contributed by atoms with Crippen LogP contribution in [0.4, 0.5) is 4.79 Å². The Morgan fingerprint density at radius 2 is 2.59 bits per heavy atom. The maximum absolute atomic E-state index is 11.8. The van der Waals surface area contributed by atoms with Gasteiger partial charge in [-0.15, -0.1) is 0 Å². The number of urea groups is 1. The van der Waals surface area contributed by atoms with Crippen LogP contribution >= 0.6 is 0 Å². The van der Waals surface area contributed by atoms with Gasteiger partial charge in [-0.05, 0) is 18.8 Å². The second-order valence-electron chi connectivity index (χ2n) is 4.61. The maximum atomic E-state index is 11.8. The molecule has 2 rings (SSSR count). The van der Waals surface area contributed by atoms with Crippen molar-refractivity contribution in [3.8, 4) is 0 Å².